The maximum Gasteiger partial charge on any atom is 0.287 e. The van der Waals surface area contributed by atoms with Crippen molar-refractivity contribution in [1.82, 2.24) is 5.32 Å². The van der Waals surface area contributed by atoms with Gasteiger partial charge < -0.3 is 19.2 Å². The molecule has 0 saturated heterocycles. The van der Waals surface area contributed by atoms with Crippen LogP contribution < -0.4 is 5.32 Å². The van der Waals surface area contributed by atoms with Crippen molar-refractivity contribution in [3.05, 3.63) is 34.5 Å². The number of halogens is 1. The van der Waals surface area contributed by atoms with E-state index in [9.17, 15) is 4.79 Å². The summed E-state index contributed by atoms with van der Waals surface area (Å²) in [6.45, 7) is 0.257. The summed E-state index contributed by atoms with van der Waals surface area (Å²) < 4.78 is 16.4. The number of carbonyl (C=O) groups is 1. The van der Waals surface area contributed by atoms with Gasteiger partial charge in [-0.1, -0.05) is 15.9 Å². The molecule has 1 N–H and O–H groups in total. The molecule has 0 unspecified atom stereocenters. The molecule has 2 rings (SSSR count). The highest BCUT2D eigenvalue weighted by molar-refractivity contribution is 9.10. The van der Waals surface area contributed by atoms with Gasteiger partial charge in [-0.2, -0.15) is 0 Å². The first-order valence-corrected chi connectivity index (χ1v) is 6.46. The largest absolute Gasteiger partial charge is 0.451 e. The Morgan fingerprint density at radius 2 is 2.11 bits per heavy atom. The van der Waals surface area contributed by atoms with E-state index in [1.165, 1.54) is 14.2 Å². The Morgan fingerprint density at radius 1 is 1.37 bits per heavy atom. The van der Waals surface area contributed by atoms with Crippen LogP contribution >= 0.6 is 15.9 Å². The molecule has 0 fully saturated rings. The molecule has 1 amide bonds. The second-order valence-corrected chi connectivity index (χ2v) is 4.82. The van der Waals surface area contributed by atoms with Crippen LogP contribution in [0, 0.1) is 0 Å². The van der Waals surface area contributed by atoms with Crippen molar-refractivity contribution in [1.29, 1.82) is 0 Å². The van der Waals surface area contributed by atoms with Gasteiger partial charge in [-0.15, -0.1) is 0 Å². The zero-order valence-electron chi connectivity index (χ0n) is 10.6. The summed E-state index contributed by atoms with van der Waals surface area (Å²) in [5.41, 5.74) is 0.662. The highest BCUT2D eigenvalue weighted by Crippen LogP contribution is 2.23. The quantitative estimate of drug-likeness (QED) is 0.857. The summed E-state index contributed by atoms with van der Waals surface area (Å²) in [6.07, 6.45) is -0.470. The minimum Gasteiger partial charge on any atom is -0.451 e. The van der Waals surface area contributed by atoms with Gasteiger partial charge in [0, 0.05) is 24.1 Å². The van der Waals surface area contributed by atoms with E-state index in [1.54, 1.807) is 6.07 Å². The lowest BCUT2D eigenvalue weighted by Gasteiger charge is -2.13. The van der Waals surface area contributed by atoms with Gasteiger partial charge in [-0.25, -0.2) is 0 Å². The molecule has 0 radical (unpaired) electrons. The predicted octanol–water partition coefficient (Wildman–Crippen LogP) is 2.54. The van der Waals surface area contributed by atoms with Crippen LogP contribution in [-0.2, 0) is 9.47 Å². The second-order valence-electron chi connectivity index (χ2n) is 3.90. The first-order valence-electron chi connectivity index (χ1n) is 5.67. The molecule has 1 heterocycles. The van der Waals surface area contributed by atoms with Gasteiger partial charge in [0.1, 0.15) is 5.58 Å². The van der Waals surface area contributed by atoms with Crippen LogP contribution in [0.1, 0.15) is 10.6 Å². The lowest BCUT2D eigenvalue weighted by Crippen LogP contribution is -2.33. The number of methoxy groups -OCH3 is 2. The topological polar surface area (TPSA) is 60.7 Å². The van der Waals surface area contributed by atoms with Gasteiger partial charge >= 0.3 is 0 Å². The van der Waals surface area contributed by atoms with Gasteiger partial charge in [0.25, 0.3) is 5.91 Å². The maximum absolute atomic E-state index is 11.9. The van der Waals surface area contributed by atoms with E-state index < -0.39 is 6.29 Å². The summed E-state index contributed by atoms with van der Waals surface area (Å²) >= 11 is 3.35. The van der Waals surface area contributed by atoms with Crippen LogP contribution in [0.25, 0.3) is 11.0 Å². The number of amides is 1. The fourth-order valence-corrected chi connectivity index (χ4v) is 1.98. The lowest BCUT2D eigenvalue weighted by atomic mass is 10.2. The number of hydrogen-bond acceptors (Lipinski definition) is 4. The molecule has 5 nitrogen and oxygen atoms in total. The molecule has 102 valence electrons. The molecule has 0 aliphatic rings. The Bertz CT molecular complexity index is 577. The van der Waals surface area contributed by atoms with Gasteiger partial charge in [-0.3, -0.25) is 4.79 Å². The summed E-state index contributed by atoms with van der Waals surface area (Å²) in [5, 5.41) is 3.56. The SMILES string of the molecule is COC(CNC(=O)c1cc2ccc(Br)cc2o1)OC. The average molecular weight is 328 g/mol. The third-order valence-electron chi connectivity index (χ3n) is 2.66. The molecule has 0 saturated carbocycles. The van der Waals surface area contributed by atoms with Gasteiger partial charge in [0.2, 0.25) is 0 Å². The van der Waals surface area contributed by atoms with Crippen molar-refractivity contribution in [3.8, 4) is 0 Å². The average Bonchev–Trinajstić information content (AvgIpc) is 2.82. The van der Waals surface area contributed by atoms with Crippen molar-refractivity contribution in [2.75, 3.05) is 20.8 Å². The number of rotatable bonds is 5. The van der Waals surface area contributed by atoms with Crippen LogP contribution in [0.15, 0.2) is 33.2 Å². The Morgan fingerprint density at radius 3 is 2.79 bits per heavy atom. The molecule has 1 aromatic carbocycles. The Hall–Kier alpha value is -1.37. The van der Waals surface area contributed by atoms with E-state index in [2.05, 4.69) is 21.2 Å². The summed E-state index contributed by atoms with van der Waals surface area (Å²) in [5.74, 6) is -0.0366. The van der Waals surface area contributed by atoms with Crippen molar-refractivity contribution in [2.45, 2.75) is 6.29 Å². The van der Waals surface area contributed by atoms with Crippen LogP contribution in [0.5, 0.6) is 0 Å². The number of nitrogens with one attached hydrogen (secondary N) is 1. The fraction of sp³-hybridized carbons (Fsp3) is 0.308. The molecule has 0 aliphatic heterocycles. The van der Waals surface area contributed by atoms with Gasteiger partial charge in [-0.05, 0) is 24.3 Å². The standard InChI is InChI=1S/C13H14BrNO4/c1-17-12(18-2)7-15-13(16)11-5-8-3-4-9(14)6-10(8)19-11/h3-6,12H,7H2,1-2H3,(H,15,16). The van der Waals surface area contributed by atoms with E-state index in [0.717, 1.165) is 9.86 Å². The van der Waals surface area contributed by atoms with Crippen LogP contribution in [0.3, 0.4) is 0 Å². The third kappa shape index (κ3) is 3.34. The summed E-state index contributed by atoms with van der Waals surface area (Å²) in [4.78, 5) is 11.9. The Balaban J connectivity index is 2.09. The van der Waals surface area contributed by atoms with E-state index in [0.29, 0.717) is 5.58 Å². The molecule has 0 aliphatic carbocycles. The number of hydrogen-bond donors (Lipinski definition) is 1. The van der Waals surface area contributed by atoms with E-state index in [1.807, 2.05) is 18.2 Å². The molecular formula is C13H14BrNO4. The summed E-state index contributed by atoms with van der Waals surface area (Å²) in [6, 6.07) is 7.29. The van der Waals surface area contributed by atoms with E-state index in [-0.39, 0.29) is 18.2 Å². The molecule has 1 aromatic heterocycles. The number of ether oxygens (including phenoxy) is 2. The van der Waals surface area contributed by atoms with Crippen molar-refractivity contribution < 1.29 is 18.7 Å². The second kappa shape index (κ2) is 6.18. The first kappa shape index (κ1) is 14.0. The smallest absolute Gasteiger partial charge is 0.287 e. The van der Waals surface area contributed by atoms with Crippen molar-refractivity contribution in [2.24, 2.45) is 0 Å². The monoisotopic (exact) mass is 327 g/mol. The third-order valence-corrected chi connectivity index (χ3v) is 3.15. The number of benzene rings is 1. The van der Waals surface area contributed by atoms with E-state index in [4.69, 9.17) is 13.9 Å². The first-order chi connectivity index (χ1) is 9.13. The fourth-order valence-electron chi connectivity index (χ4n) is 1.64. The number of carbonyl (C=O) groups excluding carboxylic acids is 1. The lowest BCUT2D eigenvalue weighted by molar-refractivity contribution is -0.0975. The van der Waals surface area contributed by atoms with Gasteiger partial charge in [0.05, 0.1) is 6.54 Å². The molecule has 6 heteroatoms. The molecule has 19 heavy (non-hydrogen) atoms. The minimum absolute atomic E-state index is 0.257. The van der Waals surface area contributed by atoms with Gasteiger partial charge in [0.15, 0.2) is 12.1 Å². The Kier molecular flexibility index (Phi) is 4.57. The molecule has 0 spiro atoms. The zero-order chi connectivity index (χ0) is 13.8. The van der Waals surface area contributed by atoms with Crippen molar-refractivity contribution >= 4 is 32.8 Å². The van der Waals surface area contributed by atoms with Crippen LogP contribution in [-0.4, -0.2) is 33.0 Å². The highest BCUT2D eigenvalue weighted by atomic mass is 79.9. The Labute approximate surface area is 119 Å². The summed E-state index contributed by atoms with van der Waals surface area (Å²) in [7, 11) is 3.03. The molecule has 2 aromatic rings. The normalized spacial score (nSPS) is 11.2. The van der Waals surface area contributed by atoms with E-state index >= 15 is 0 Å². The predicted molar refractivity (Wildman–Crippen MR) is 74.1 cm³/mol. The van der Waals surface area contributed by atoms with Crippen LogP contribution in [0.4, 0.5) is 0 Å². The minimum atomic E-state index is -0.470. The van der Waals surface area contributed by atoms with Crippen molar-refractivity contribution in [3.63, 3.8) is 0 Å². The molecule has 0 atom stereocenters. The zero-order valence-corrected chi connectivity index (χ0v) is 12.2. The van der Waals surface area contributed by atoms with Crippen LogP contribution in [0.2, 0.25) is 0 Å². The maximum atomic E-state index is 11.9. The molecular weight excluding hydrogens is 314 g/mol. The highest BCUT2D eigenvalue weighted by Gasteiger charge is 2.14. The molecule has 0 bridgehead atoms. The number of furan rings is 1. The number of fused-ring (bicyclic) bond motifs is 1.